The maximum atomic E-state index is 2.75. The molecule has 3 atom stereocenters. The zero-order valence-electron chi connectivity index (χ0n) is 20.7. The first-order valence-electron chi connectivity index (χ1n) is 14.0. The van der Waals surface area contributed by atoms with Crippen LogP contribution in [-0.2, 0) is 0 Å². The van der Waals surface area contributed by atoms with E-state index < -0.39 is 0 Å². The van der Waals surface area contributed by atoms with Gasteiger partial charge in [0.05, 0.1) is 0 Å². The van der Waals surface area contributed by atoms with Crippen LogP contribution in [0.5, 0.6) is 0 Å². The van der Waals surface area contributed by atoms with Crippen LogP contribution in [0.4, 0.5) is 0 Å². The Morgan fingerprint density at radius 3 is 1.55 bits per heavy atom. The van der Waals surface area contributed by atoms with Crippen molar-refractivity contribution in [3.8, 4) is 0 Å². The van der Waals surface area contributed by atoms with Gasteiger partial charge in [-0.2, -0.15) is 0 Å². The van der Waals surface area contributed by atoms with Crippen molar-refractivity contribution in [2.24, 2.45) is 5.92 Å². The molecule has 3 aliphatic rings. The molecule has 5 rings (SSSR count). The van der Waals surface area contributed by atoms with Gasteiger partial charge in [0.2, 0.25) is 0 Å². The summed E-state index contributed by atoms with van der Waals surface area (Å²) in [7, 11) is -0.121. The predicted molar refractivity (Wildman–Crippen MR) is 150 cm³/mol. The molecule has 0 amide bonds. The van der Waals surface area contributed by atoms with Crippen molar-refractivity contribution in [2.45, 2.75) is 113 Å². The van der Waals surface area contributed by atoms with E-state index in [0.717, 1.165) is 28.6 Å². The van der Waals surface area contributed by atoms with Gasteiger partial charge in [0.25, 0.3) is 0 Å². The van der Waals surface area contributed by atoms with Crippen molar-refractivity contribution in [2.75, 3.05) is 0 Å². The van der Waals surface area contributed by atoms with E-state index >= 15 is 0 Å². The van der Waals surface area contributed by atoms with Gasteiger partial charge in [-0.1, -0.05) is 120 Å². The minimum Gasteiger partial charge on any atom is -0.0971 e. The van der Waals surface area contributed by atoms with Crippen molar-refractivity contribution in [1.29, 1.82) is 0 Å². The second-order valence-corrected chi connectivity index (χ2v) is 16.6. The van der Waals surface area contributed by atoms with Crippen LogP contribution in [0.25, 0.3) is 0 Å². The average molecular weight is 479 g/mol. The first kappa shape index (κ1) is 24.0. The Labute approximate surface area is 205 Å². The molecule has 0 unspecified atom stereocenters. The molecule has 0 heterocycles. The fraction of sp³-hybridized carbons (Fsp3) is 0.613. The lowest BCUT2D eigenvalue weighted by Crippen LogP contribution is -2.34. The molecule has 2 aromatic carbocycles. The SMILES string of the molecule is C[C@@H]([C@@H]1CCC[C@H]1P(c1ccccc1)c1ccccc1)P(C1CCCCC1)C1CCCCC1. The summed E-state index contributed by atoms with van der Waals surface area (Å²) in [5, 5.41) is 3.23. The summed E-state index contributed by atoms with van der Waals surface area (Å²) in [6.07, 6.45) is 19.6. The Hall–Kier alpha value is -0.700. The molecular formula is C31H44P2. The summed E-state index contributed by atoms with van der Waals surface area (Å²) in [5.74, 6) is 0.937. The van der Waals surface area contributed by atoms with Gasteiger partial charge in [0, 0.05) is 0 Å². The Balaban J connectivity index is 1.45. The molecule has 3 fully saturated rings. The van der Waals surface area contributed by atoms with E-state index in [1.54, 1.807) is 36.3 Å². The quantitative estimate of drug-likeness (QED) is 0.349. The van der Waals surface area contributed by atoms with Gasteiger partial charge in [0.15, 0.2) is 0 Å². The molecule has 3 aliphatic carbocycles. The lowest BCUT2D eigenvalue weighted by Gasteiger charge is -2.46. The lowest BCUT2D eigenvalue weighted by atomic mass is 9.99. The van der Waals surface area contributed by atoms with Crippen molar-refractivity contribution in [3.63, 3.8) is 0 Å². The van der Waals surface area contributed by atoms with Crippen LogP contribution < -0.4 is 10.6 Å². The van der Waals surface area contributed by atoms with Crippen LogP contribution in [0.1, 0.15) is 90.4 Å². The van der Waals surface area contributed by atoms with E-state index in [0.29, 0.717) is 0 Å². The molecule has 3 saturated carbocycles. The van der Waals surface area contributed by atoms with Gasteiger partial charge in [-0.15, -0.1) is 0 Å². The van der Waals surface area contributed by atoms with E-state index in [1.807, 2.05) is 0 Å². The highest BCUT2D eigenvalue weighted by Gasteiger charge is 2.44. The standard InChI is InChI=1S/C31H44P2/c1-25(32(26-15-6-2-7-16-26)27-17-8-3-9-18-27)30-23-14-24-31(30)33(28-19-10-4-11-20-28)29-21-12-5-13-22-29/h4-5,10-13,19-22,25-27,30-31H,2-3,6-9,14-18,23-24H2,1H3/t25-,30-,31+/m0/s1. The summed E-state index contributed by atoms with van der Waals surface area (Å²) >= 11 is 0. The lowest BCUT2D eigenvalue weighted by molar-refractivity contribution is 0.467. The monoisotopic (exact) mass is 478 g/mol. The third-order valence-corrected chi connectivity index (χ3v) is 16.1. The minimum absolute atomic E-state index is 0.152. The predicted octanol–water partition coefficient (Wildman–Crippen LogP) is 8.82. The highest BCUT2D eigenvalue weighted by molar-refractivity contribution is 7.73. The molecular weight excluding hydrogens is 434 g/mol. The highest BCUT2D eigenvalue weighted by Crippen LogP contribution is 2.64. The Morgan fingerprint density at radius 2 is 1.06 bits per heavy atom. The van der Waals surface area contributed by atoms with Gasteiger partial charge in [0.1, 0.15) is 0 Å². The molecule has 0 N–H and O–H groups in total. The molecule has 0 aliphatic heterocycles. The van der Waals surface area contributed by atoms with Crippen molar-refractivity contribution in [1.82, 2.24) is 0 Å². The van der Waals surface area contributed by atoms with Gasteiger partial charge in [-0.25, -0.2) is 0 Å². The van der Waals surface area contributed by atoms with Crippen molar-refractivity contribution < 1.29 is 0 Å². The molecule has 2 heteroatoms. The molecule has 0 bridgehead atoms. The van der Waals surface area contributed by atoms with Gasteiger partial charge in [-0.05, 0) is 85.6 Å². The van der Waals surface area contributed by atoms with E-state index in [2.05, 4.69) is 67.6 Å². The summed E-state index contributed by atoms with van der Waals surface area (Å²) in [6.45, 7) is 2.75. The minimum atomic E-state index is -0.273. The molecule has 0 nitrogen and oxygen atoms in total. The smallest absolute Gasteiger partial charge is 0.00945 e. The third-order valence-electron chi connectivity index (χ3n) is 9.01. The summed E-state index contributed by atoms with van der Waals surface area (Å²) in [5.41, 5.74) is 3.98. The van der Waals surface area contributed by atoms with Crippen LogP contribution in [0, 0.1) is 5.92 Å². The largest absolute Gasteiger partial charge is 0.0971 e. The zero-order chi connectivity index (χ0) is 22.5. The normalized spacial score (nSPS) is 26.2. The second-order valence-electron chi connectivity index (χ2n) is 11.0. The molecule has 2 aromatic rings. The first-order chi connectivity index (χ1) is 16.3. The van der Waals surface area contributed by atoms with Crippen LogP contribution in [0.3, 0.4) is 0 Å². The third kappa shape index (κ3) is 5.60. The topological polar surface area (TPSA) is 0 Å². The van der Waals surface area contributed by atoms with E-state index in [9.17, 15) is 0 Å². The molecule has 0 aromatic heterocycles. The zero-order valence-corrected chi connectivity index (χ0v) is 22.5. The van der Waals surface area contributed by atoms with Crippen molar-refractivity contribution in [3.05, 3.63) is 60.7 Å². The van der Waals surface area contributed by atoms with E-state index in [1.165, 1.54) is 57.8 Å². The maximum Gasteiger partial charge on any atom is -0.00945 e. The van der Waals surface area contributed by atoms with Crippen molar-refractivity contribution >= 4 is 26.5 Å². The maximum absolute atomic E-state index is 2.75. The van der Waals surface area contributed by atoms with Gasteiger partial charge < -0.3 is 0 Å². The average Bonchev–Trinajstić information content (AvgIpc) is 3.36. The van der Waals surface area contributed by atoms with E-state index in [4.69, 9.17) is 0 Å². The van der Waals surface area contributed by atoms with E-state index in [-0.39, 0.29) is 15.8 Å². The molecule has 0 spiro atoms. The van der Waals surface area contributed by atoms with Gasteiger partial charge >= 0.3 is 0 Å². The van der Waals surface area contributed by atoms with Crippen LogP contribution in [0.15, 0.2) is 60.7 Å². The fourth-order valence-corrected chi connectivity index (χ4v) is 15.6. The number of benzene rings is 2. The highest BCUT2D eigenvalue weighted by atomic mass is 31.1. The Bertz CT molecular complexity index is 765. The number of hydrogen-bond acceptors (Lipinski definition) is 0. The second kappa shape index (κ2) is 11.8. The number of hydrogen-bond donors (Lipinski definition) is 0. The van der Waals surface area contributed by atoms with Crippen LogP contribution >= 0.6 is 15.8 Å². The van der Waals surface area contributed by atoms with Gasteiger partial charge in [-0.3, -0.25) is 0 Å². The van der Waals surface area contributed by atoms with Crippen LogP contribution in [0.2, 0.25) is 0 Å². The molecule has 0 radical (unpaired) electrons. The summed E-state index contributed by atoms with van der Waals surface area (Å²) in [4.78, 5) is 0. The Kier molecular flexibility index (Phi) is 8.60. The summed E-state index contributed by atoms with van der Waals surface area (Å²) < 4.78 is 0. The Morgan fingerprint density at radius 1 is 0.576 bits per heavy atom. The molecule has 0 saturated heterocycles. The molecule has 178 valence electrons. The van der Waals surface area contributed by atoms with Crippen LogP contribution in [-0.4, -0.2) is 22.6 Å². The first-order valence-corrected chi connectivity index (χ1v) is 17.0. The fourth-order valence-electron chi connectivity index (χ4n) is 7.50. The molecule has 33 heavy (non-hydrogen) atoms. The number of rotatable bonds is 7. The summed E-state index contributed by atoms with van der Waals surface area (Å²) in [6, 6.07) is 23.2.